The smallest absolute Gasteiger partial charge is 0.0579 e. The van der Waals surface area contributed by atoms with Crippen LogP contribution in [0.2, 0.25) is 0 Å². The lowest BCUT2D eigenvalue weighted by atomic mass is 10.2. The Hall–Kier alpha value is -1.18. The number of nitrogen functional groups attached to an aromatic ring is 1. The van der Waals surface area contributed by atoms with Crippen molar-refractivity contribution in [2.24, 2.45) is 0 Å². The van der Waals surface area contributed by atoms with Gasteiger partial charge in [-0.1, -0.05) is 12.1 Å². The molecule has 0 amide bonds. The number of aryl methyl sites for hydroxylation is 1. The number of rotatable bonds is 2. The quantitative estimate of drug-likeness (QED) is 0.654. The van der Waals surface area contributed by atoms with Crippen molar-refractivity contribution in [1.82, 2.24) is 0 Å². The normalized spacial score (nSPS) is 16.1. The Labute approximate surface area is 72.8 Å². The van der Waals surface area contributed by atoms with Gasteiger partial charge in [-0.3, -0.25) is 0 Å². The van der Waals surface area contributed by atoms with E-state index in [0.29, 0.717) is 6.04 Å². The molecule has 0 radical (unpaired) electrons. The maximum absolute atomic E-state index is 5.90. The van der Waals surface area contributed by atoms with Gasteiger partial charge in [0.2, 0.25) is 0 Å². The topological polar surface area (TPSA) is 38.0 Å². The monoisotopic (exact) mass is 162 g/mol. The summed E-state index contributed by atoms with van der Waals surface area (Å²) in [5.74, 6) is 0. The largest absolute Gasteiger partial charge is 0.397 e. The Morgan fingerprint density at radius 1 is 1.42 bits per heavy atom. The molecule has 1 aliphatic rings. The van der Waals surface area contributed by atoms with Crippen LogP contribution in [0.5, 0.6) is 0 Å². The molecule has 2 nitrogen and oxygen atoms in total. The van der Waals surface area contributed by atoms with E-state index in [1.807, 2.05) is 25.1 Å². The number of hydrogen-bond donors (Lipinski definition) is 2. The number of hydrogen-bond acceptors (Lipinski definition) is 2. The molecule has 1 aromatic carbocycles. The van der Waals surface area contributed by atoms with E-state index < -0.39 is 0 Å². The van der Waals surface area contributed by atoms with Crippen LogP contribution in [0.1, 0.15) is 18.4 Å². The highest BCUT2D eigenvalue weighted by Gasteiger charge is 2.21. The first-order valence-electron chi connectivity index (χ1n) is 4.39. The molecule has 0 spiro atoms. The van der Waals surface area contributed by atoms with Crippen molar-refractivity contribution in [3.63, 3.8) is 0 Å². The zero-order valence-electron chi connectivity index (χ0n) is 7.30. The van der Waals surface area contributed by atoms with Crippen molar-refractivity contribution in [3.05, 3.63) is 23.8 Å². The number of nitrogens with one attached hydrogen (secondary N) is 1. The summed E-state index contributed by atoms with van der Waals surface area (Å²) in [5, 5.41) is 3.40. The predicted octanol–water partition coefficient (Wildman–Crippen LogP) is 2.15. The van der Waals surface area contributed by atoms with Crippen LogP contribution >= 0.6 is 0 Å². The first kappa shape index (κ1) is 7.47. The summed E-state index contributed by atoms with van der Waals surface area (Å²) in [4.78, 5) is 0. The molecule has 64 valence electrons. The third kappa shape index (κ3) is 1.37. The summed E-state index contributed by atoms with van der Waals surface area (Å²) >= 11 is 0. The van der Waals surface area contributed by atoms with Crippen molar-refractivity contribution in [2.75, 3.05) is 11.1 Å². The fourth-order valence-electron chi connectivity index (χ4n) is 1.25. The number of nitrogens with two attached hydrogens (primary N) is 1. The highest BCUT2D eigenvalue weighted by molar-refractivity contribution is 5.70. The van der Waals surface area contributed by atoms with Crippen LogP contribution in [0, 0.1) is 6.92 Å². The van der Waals surface area contributed by atoms with Crippen molar-refractivity contribution in [2.45, 2.75) is 25.8 Å². The van der Waals surface area contributed by atoms with Gasteiger partial charge in [-0.25, -0.2) is 0 Å². The second-order valence-electron chi connectivity index (χ2n) is 3.45. The van der Waals surface area contributed by atoms with Crippen LogP contribution in [0.4, 0.5) is 11.4 Å². The molecule has 0 bridgehead atoms. The summed E-state index contributed by atoms with van der Waals surface area (Å²) in [6.45, 7) is 2.04. The van der Waals surface area contributed by atoms with E-state index in [2.05, 4.69) is 5.32 Å². The molecule has 0 atom stereocenters. The minimum atomic E-state index is 0.675. The van der Waals surface area contributed by atoms with Crippen molar-refractivity contribution >= 4 is 11.4 Å². The molecule has 3 N–H and O–H groups in total. The lowest BCUT2D eigenvalue weighted by Gasteiger charge is -2.09. The van der Waals surface area contributed by atoms with E-state index in [1.165, 1.54) is 12.8 Å². The van der Waals surface area contributed by atoms with Gasteiger partial charge in [0.25, 0.3) is 0 Å². The van der Waals surface area contributed by atoms with E-state index in [9.17, 15) is 0 Å². The van der Waals surface area contributed by atoms with Gasteiger partial charge in [-0.2, -0.15) is 0 Å². The van der Waals surface area contributed by atoms with Crippen LogP contribution < -0.4 is 11.1 Å². The summed E-state index contributed by atoms with van der Waals surface area (Å²) in [5.41, 5.74) is 9.04. The number of para-hydroxylation sites is 1. The molecule has 0 unspecified atom stereocenters. The summed E-state index contributed by atoms with van der Waals surface area (Å²) in [7, 11) is 0. The number of benzene rings is 1. The van der Waals surface area contributed by atoms with E-state index in [-0.39, 0.29) is 0 Å². The van der Waals surface area contributed by atoms with Crippen LogP contribution in [-0.4, -0.2) is 6.04 Å². The second-order valence-corrected chi connectivity index (χ2v) is 3.45. The Morgan fingerprint density at radius 3 is 2.83 bits per heavy atom. The van der Waals surface area contributed by atoms with Crippen LogP contribution in [0.15, 0.2) is 18.2 Å². The molecule has 1 aromatic rings. The van der Waals surface area contributed by atoms with Crippen LogP contribution in [-0.2, 0) is 0 Å². The molecule has 0 aromatic heterocycles. The van der Waals surface area contributed by atoms with Gasteiger partial charge in [-0.05, 0) is 31.4 Å². The zero-order valence-corrected chi connectivity index (χ0v) is 7.30. The first-order valence-corrected chi connectivity index (χ1v) is 4.39. The van der Waals surface area contributed by atoms with E-state index >= 15 is 0 Å². The second kappa shape index (κ2) is 2.70. The van der Waals surface area contributed by atoms with Gasteiger partial charge in [-0.15, -0.1) is 0 Å². The van der Waals surface area contributed by atoms with Crippen molar-refractivity contribution < 1.29 is 0 Å². The Kier molecular flexibility index (Phi) is 1.68. The van der Waals surface area contributed by atoms with Gasteiger partial charge in [0.1, 0.15) is 0 Å². The summed E-state index contributed by atoms with van der Waals surface area (Å²) in [6.07, 6.45) is 2.57. The Bertz CT molecular complexity index is 290. The molecule has 1 saturated carbocycles. The number of anilines is 2. The van der Waals surface area contributed by atoms with E-state index in [0.717, 1.165) is 16.9 Å². The standard InChI is InChI=1S/C10H14N2/c1-7-3-2-4-9(10(7)11)12-8-5-6-8/h2-4,8,12H,5-6,11H2,1H3. The predicted molar refractivity (Wildman–Crippen MR) is 52.2 cm³/mol. The third-order valence-electron chi connectivity index (χ3n) is 2.26. The zero-order chi connectivity index (χ0) is 8.55. The molecule has 12 heavy (non-hydrogen) atoms. The lowest BCUT2D eigenvalue weighted by molar-refractivity contribution is 1.15. The highest BCUT2D eigenvalue weighted by atomic mass is 15.0. The van der Waals surface area contributed by atoms with Gasteiger partial charge < -0.3 is 11.1 Å². The fourth-order valence-corrected chi connectivity index (χ4v) is 1.25. The maximum atomic E-state index is 5.90. The summed E-state index contributed by atoms with van der Waals surface area (Å²) < 4.78 is 0. The molecule has 1 fully saturated rings. The molecule has 0 aliphatic heterocycles. The van der Waals surface area contributed by atoms with Gasteiger partial charge in [0.15, 0.2) is 0 Å². The van der Waals surface area contributed by atoms with Gasteiger partial charge in [0.05, 0.1) is 11.4 Å². The lowest BCUT2D eigenvalue weighted by Crippen LogP contribution is -2.04. The fraction of sp³-hybridized carbons (Fsp3) is 0.400. The Morgan fingerprint density at radius 2 is 2.17 bits per heavy atom. The minimum absolute atomic E-state index is 0.675. The van der Waals surface area contributed by atoms with Gasteiger partial charge >= 0.3 is 0 Å². The molecular formula is C10H14N2. The van der Waals surface area contributed by atoms with E-state index in [4.69, 9.17) is 5.73 Å². The average Bonchev–Trinajstić information content (AvgIpc) is 2.83. The van der Waals surface area contributed by atoms with Crippen molar-refractivity contribution in [1.29, 1.82) is 0 Å². The molecule has 2 heteroatoms. The average molecular weight is 162 g/mol. The molecule has 2 rings (SSSR count). The van der Waals surface area contributed by atoms with E-state index in [1.54, 1.807) is 0 Å². The molecule has 0 saturated heterocycles. The highest BCUT2D eigenvalue weighted by Crippen LogP contribution is 2.29. The maximum Gasteiger partial charge on any atom is 0.0579 e. The van der Waals surface area contributed by atoms with Crippen LogP contribution in [0.3, 0.4) is 0 Å². The Balaban J connectivity index is 2.23. The SMILES string of the molecule is Cc1cccc(NC2CC2)c1N. The van der Waals surface area contributed by atoms with Gasteiger partial charge in [0, 0.05) is 6.04 Å². The van der Waals surface area contributed by atoms with Crippen molar-refractivity contribution in [3.8, 4) is 0 Å². The van der Waals surface area contributed by atoms with Crippen LogP contribution in [0.25, 0.3) is 0 Å². The minimum Gasteiger partial charge on any atom is -0.397 e. The molecule has 1 aliphatic carbocycles. The summed E-state index contributed by atoms with van der Waals surface area (Å²) in [6, 6.07) is 6.79. The first-order chi connectivity index (χ1) is 5.77. The molecule has 0 heterocycles. The third-order valence-corrected chi connectivity index (χ3v) is 2.26. The molecular weight excluding hydrogens is 148 g/mol.